The summed E-state index contributed by atoms with van der Waals surface area (Å²) in [7, 11) is 2.11. The molecule has 1 saturated heterocycles. The molecule has 16 heavy (non-hydrogen) atoms. The predicted octanol–water partition coefficient (Wildman–Crippen LogP) is 0.390. The van der Waals surface area contributed by atoms with Crippen molar-refractivity contribution in [2.24, 2.45) is 0 Å². The average Bonchev–Trinajstić information content (AvgIpc) is 2.66. The van der Waals surface area contributed by atoms with Gasteiger partial charge in [-0.15, -0.1) is 16.7 Å². The normalized spacial score (nSPS) is 22.5. The van der Waals surface area contributed by atoms with Crippen LogP contribution in [-0.2, 0) is 17.7 Å². The molecule has 6 heteroatoms. The summed E-state index contributed by atoms with van der Waals surface area (Å²) in [6.07, 6.45) is 2.93. The number of rotatable bonds is 4. The van der Waals surface area contributed by atoms with Crippen molar-refractivity contribution in [1.29, 1.82) is 0 Å². The minimum absolute atomic E-state index is 0.212. The second-order valence-electron chi connectivity index (χ2n) is 4.13. The molecule has 2 heterocycles. The van der Waals surface area contributed by atoms with Gasteiger partial charge in [-0.05, 0) is 7.05 Å². The Morgan fingerprint density at radius 1 is 1.62 bits per heavy atom. The molecular formula is C10H17ClN4O. The molecule has 0 saturated carbocycles. The zero-order valence-corrected chi connectivity index (χ0v) is 10.2. The summed E-state index contributed by atoms with van der Waals surface area (Å²) in [6, 6.07) is 0. The SMILES string of the molecule is CN1CCOC(Cn2cc(CCCl)nn2)C1. The molecule has 90 valence electrons. The van der Waals surface area contributed by atoms with E-state index in [9.17, 15) is 0 Å². The monoisotopic (exact) mass is 244 g/mol. The number of aromatic nitrogens is 3. The fraction of sp³-hybridized carbons (Fsp3) is 0.800. The number of hydrogen-bond donors (Lipinski definition) is 0. The molecule has 1 aromatic rings. The standard InChI is InChI=1S/C10H17ClN4O/c1-14-4-5-16-10(7-14)8-15-6-9(2-3-11)12-13-15/h6,10H,2-5,7-8H2,1H3. The Labute approximate surface area is 100 Å². The Bertz CT molecular complexity index is 330. The lowest BCUT2D eigenvalue weighted by molar-refractivity contribution is -0.0292. The van der Waals surface area contributed by atoms with Crippen molar-refractivity contribution in [3.05, 3.63) is 11.9 Å². The van der Waals surface area contributed by atoms with Crippen LogP contribution in [0.5, 0.6) is 0 Å². The molecule has 1 aliphatic heterocycles. The van der Waals surface area contributed by atoms with E-state index in [0.717, 1.165) is 38.4 Å². The molecule has 1 unspecified atom stereocenters. The Kier molecular flexibility index (Phi) is 4.15. The quantitative estimate of drug-likeness (QED) is 0.719. The van der Waals surface area contributed by atoms with Crippen LogP contribution in [0.15, 0.2) is 6.20 Å². The first-order chi connectivity index (χ1) is 7.78. The van der Waals surface area contributed by atoms with Gasteiger partial charge < -0.3 is 9.64 Å². The number of ether oxygens (including phenoxy) is 1. The first kappa shape index (κ1) is 11.8. The maximum absolute atomic E-state index is 5.67. The van der Waals surface area contributed by atoms with Crippen LogP contribution in [0, 0.1) is 0 Å². The van der Waals surface area contributed by atoms with Gasteiger partial charge in [-0.3, -0.25) is 0 Å². The van der Waals surface area contributed by atoms with Gasteiger partial charge in [0, 0.05) is 31.6 Å². The van der Waals surface area contributed by atoms with Gasteiger partial charge in [-0.25, -0.2) is 4.68 Å². The predicted molar refractivity (Wildman–Crippen MR) is 61.7 cm³/mol. The largest absolute Gasteiger partial charge is 0.374 e. The van der Waals surface area contributed by atoms with Crippen molar-refractivity contribution < 1.29 is 4.74 Å². The van der Waals surface area contributed by atoms with Crippen LogP contribution < -0.4 is 0 Å². The third-order valence-corrected chi connectivity index (χ3v) is 2.86. The van der Waals surface area contributed by atoms with Crippen LogP contribution in [0.2, 0.25) is 0 Å². The van der Waals surface area contributed by atoms with E-state index in [0.29, 0.717) is 5.88 Å². The second kappa shape index (κ2) is 5.61. The Hall–Kier alpha value is -0.650. The summed E-state index contributed by atoms with van der Waals surface area (Å²) in [5.41, 5.74) is 0.944. The highest BCUT2D eigenvalue weighted by atomic mass is 35.5. The van der Waals surface area contributed by atoms with Crippen LogP contribution in [0.3, 0.4) is 0 Å². The number of hydrogen-bond acceptors (Lipinski definition) is 4. The molecule has 1 aromatic heterocycles. The van der Waals surface area contributed by atoms with E-state index in [1.165, 1.54) is 0 Å². The van der Waals surface area contributed by atoms with E-state index in [1.807, 2.05) is 10.9 Å². The number of likely N-dealkylation sites (N-methyl/N-ethyl adjacent to an activating group) is 1. The third-order valence-electron chi connectivity index (χ3n) is 2.67. The molecule has 0 bridgehead atoms. The fourth-order valence-electron chi connectivity index (χ4n) is 1.83. The van der Waals surface area contributed by atoms with Gasteiger partial charge in [-0.1, -0.05) is 5.21 Å². The highest BCUT2D eigenvalue weighted by molar-refractivity contribution is 6.17. The molecule has 0 aliphatic carbocycles. The lowest BCUT2D eigenvalue weighted by Crippen LogP contribution is -2.42. The molecule has 0 amide bonds. The lowest BCUT2D eigenvalue weighted by atomic mass is 10.3. The summed E-state index contributed by atoms with van der Waals surface area (Å²) in [4.78, 5) is 2.27. The van der Waals surface area contributed by atoms with Crippen LogP contribution in [-0.4, -0.2) is 58.6 Å². The van der Waals surface area contributed by atoms with Crippen molar-refractivity contribution in [2.45, 2.75) is 19.1 Å². The van der Waals surface area contributed by atoms with Gasteiger partial charge in [-0.2, -0.15) is 0 Å². The molecule has 0 spiro atoms. The summed E-state index contributed by atoms with van der Waals surface area (Å²) in [5.74, 6) is 0.585. The lowest BCUT2D eigenvalue weighted by Gasteiger charge is -2.29. The van der Waals surface area contributed by atoms with Crippen molar-refractivity contribution in [3.8, 4) is 0 Å². The van der Waals surface area contributed by atoms with Crippen LogP contribution >= 0.6 is 11.6 Å². The van der Waals surface area contributed by atoms with Crippen LogP contribution in [0.25, 0.3) is 0 Å². The van der Waals surface area contributed by atoms with Gasteiger partial charge in [0.05, 0.1) is 24.9 Å². The molecule has 5 nitrogen and oxygen atoms in total. The van der Waals surface area contributed by atoms with E-state index < -0.39 is 0 Å². The van der Waals surface area contributed by atoms with E-state index in [4.69, 9.17) is 16.3 Å². The van der Waals surface area contributed by atoms with E-state index in [1.54, 1.807) is 0 Å². The zero-order valence-electron chi connectivity index (χ0n) is 9.47. The van der Waals surface area contributed by atoms with Gasteiger partial charge in [0.1, 0.15) is 0 Å². The zero-order chi connectivity index (χ0) is 11.4. The van der Waals surface area contributed by atoms with Gasteiger partial charge in [0.2, 0.25) is 0 Å². The molecule has 1 aliphatic rings. The van der Waals surface area contributed by atoms with Crippen molar-refractivity contribution in [2.75, 3.05) is 32.6 Å². The van der Waals surface area contributed by atoms with Gasteiger partial charge >= 0.3 is 0 Å². The summed E-state index contributed by atoms with van der Waals surface area (Å²) >= 11 is 5.65. The number of aryl methyl sites for hydroxylation is 1. The Balaban J connectivity index is 1.87. The van der Waals surface area contributed by atoms with E-state index in [2.05, 4.69) is 22.3 Å². The first-order valence-corrected chi connectivity index (χ1v) is 6.06. The smallest absolute Gasteiger partial charge is 0.0898 e. The second-order valence-corrected chi connectivity index (χ2v) is 4.50. The van der Waals surface area contributed by atoms with Gasteiger partial charge in [0.15, 0.2) is 0 Å². The van der Waals surface area contributed by atoms with Gasteiger partial charge in [0.25, 0.3) is 0 Å². The highest BCUT2D eigenvalue weighted by Crippen LogP contribution is 2.06. The maximum atomic E-state index is 5.67. The molecule has 1 atom stereocenters. The van der Waals surface area contributed by atoms with E-state index >= 15 is 0 Å². The van der Waals surface area contributed by atoms with Crippen molar-refractivity contribution >= 4 is 11.6 Å². The maximum Gasteiger partial charge on any atom is 0.0898 e. The third kappa shape index (κ3) is 3.17. The highest BCUT2D eigenvalue weighted by Gasteiger charge is 2.18. The fourth-order valence-corrected chi connectivity index (χ4v) is 2.02. The molecule has 0 aromatic carbocycles. The number of morpholine rings is 1. The molecule has 0 radical (unpaired) electrons. The van der Waals surface area contributed by atoms with Crippen LogP contribution in [0.1, 0.15) is 5.69 Å². The number of alkyl halides is 1. The Morgan fingerprint density at radius 2 is 2.50 bits per heavy atom. The first-order valence-electron chi connectivity index (χ1n) is 5.53. The molecule has 1 fully saturated rings. The van der Waals surface area contributed by atoms with Crippen LogP contribution in [0.4, 0.5) is 0 Å². The minimum Gasteiger partial charge on any atom is -0.374 e. The number of halogens is 1. The summed E-state index contributed by atoms with van der Waals surface area (Å²) < 4.78 is 7.50. The molecular weight excluding hydrogens is 228 g/mol. The van der Waals surface area contributed by atoms with Crippen molar-refractivity contribution in [1.82, 2.24) is 19.9 Å². The van der Waals surface area contributed by atoms with E-state index in [-0.39, 0.29) is 6.10 Å². The number of nitrogens with zero attached hydrogens (tertiary/aromatic N) is 4. The topological polar surface area (TPSA) is 43.2 Å². The average molecular weight is 245 g/mol. The van der Waals surface area contributed by atoms with Crippen molar-refractivity contribution in [3.63, 3.8) is 0 Å². The summed E-state index contributed by atoms with van der Waals surface area (Å²) in [5, 5.41) is 8.11. The minimum atomic E-state index is 0.212. The molecule has 0 N–H and O–H groups in total. The summed E-state index contributed by atoms with van der Waals surface area (Å²) in [6.45, 7) is 3.51. The Morgan fingerprint density at radius 3 is 3.25 bits per heavy atom. The molecule has 2 rings (SSSR count).